The Balaban J connectivity index is 2.24. The third-order valence-electron chi connectivity index (χ3n) is 3.31. The number of para-hydroxylation sites is 1. The van der Waals surface area contributed by atoms with E-state index < -0.39 is 0 Å². The molecule has 5 heteroatoms. The Bertz CT molecular complexity index is 689. The third kappa shape index (κ3) is 1.90. The molecule has 1 aromatic heterocycles. The van der Waals surface area contributed by atoms with E-state index in [2.05, 4.69) is 27.6 Å². The zero-order chi connectivity index (χ0) is 12.9. The molecule has 0 radical (unpaired) electrons. The maximum absolute atomic E-state index is 12.2. The normalized spacial score (nSPS) is 16.8. The summed E-state index contributed by atoms with van der Waals surface area (Å²) in [6.45, 7) is 2.04. The lowest BCUT2D eigenvalue weighted by atomic mass is 10.2. The molecule has 0 saturated heterocycles. The molecule has 3 rings (SSSR count). The summed E-state index contributed by atoms with van der Waals surface area (Å²) in [4.78, 5) is 16.7. The van der Waals surface area contributed by atoms with Gasteiger partial charge in [0.2, 0.25) is 0 Å². The molecule has 4 nitrogen and oxygen atoms in total. The molecule has 0 bridgehead atoms. The Hall–Kier alpha value is -1.11. The first-order valence-corrected chi connectivity index (χ1v) is 6.92. The van der Waals surface area contributed by atoms with Crippen molar-refractivity contribution in [2.75, 3.05) is 0 Å². The van der Waals surface area contributed by atoms with Crippen LogP contribution in [0.15, 0.2) is 23.0 Å². The van der Waals surface area contributed by atoms with Crippen LogP contribution in [0.1, 0.15) is 19.8 Å². The van der Waals surface area contributed by atoms with Crippen LogP contribution in [0.3, 0.4) is 0 Å². The van der Waals surface area contributed by atoms with Gasteiger partial charge < -0.3 is 4.74 Å². The second-order valence-electron chi connectivity index (χ2n) is 4.95. The fourth-order valence-corrected chi connectivity index (χ4v) is 2.45. The van der Waals surface area contributed by atoms with Crippen LogP contribution < -0.4 is 10.3 Å². The fraction of sp³-hybridized carbons (Fsp3) is 0.385. The van der Waals surface area contributed by atoms with Gasteiger partial charge in [-0.3, -0.25) is 9.36 Å². The summed E-state index contributed by atoms with van der Waals surface area (Å²) in [5.41, 5.74) is 0.531. The first-order valence-electron chi connectivity index (χ1n) is 5.84. The highest BCUT2D eigenvalue weighted by Crippen LogP contribution is 2.38. The molecule has 0 spiro atoms. The molecule has 0 atom stereocenters. The number of aromatic nitrogens is 2. The SMILES string of the molecule is Cn1c(OC2(C)CC2)nc2c(I)cccc2c1=O. The maximum Gasteiger partial charge on any atom is 0.300 e. The van der Waals surface area contributed by atoms with Crippen molar-refractivity contribution in [3.05, 3.63) is 32.1 Å². The Kier molecular flexibility index (Phi) is 2.62. The van der Waals surface area contributed by atoms with E-state index in [0.29, 0.717) is 11.4 Å². The van der Waals surface area contributed by atoms with Gasteiger partial charge in [-0.25, -0.2) is 0 Å². The largest absolute Gasteiger partial charge is 0.458 e. The molecule has 0 amide bonds. The summed E-state index contributed by atoms with van der Waals surface area (Å²) >= 11 is 2.19. The van der Waals surface area contributed by atoms with E-state index in [1.54, 1.807) is 13.1 Å². The number of hydrogen-bond donors (Lipinski definition) is 0. The molecule has 1 aromatic carbocycles. The van der Waals surface area contributed by atoms with Crippen molar-refractivity contribution < 1.29 is 4.74 Å². The number of nitrogens with zero attached hydrogens (tertiary/aromatic N) is 2. The van der Waals surface area contributed by atoms with Gasteiger partial charge in [-0.2, -0.15) is 4.98 Å². The number of benzene rings is 1. The van der Waals surface area contributed by atoms with Gasteiger partial charge in [0.05, 0.1) is 10.9 Å². The molecule has 94 valence electrons. The summed E-state index contributed by atoms with van der Waals surface area (Å²) in [5, 5.41) is 0.637. The van der Waals surface area contributed by atoms with Crippen LogP contribution in [-0.4, -0.2) is 15.2 Å². The van der Waals surface area contributed by atoms with Crippen molar-refractivity contribution >= 4 is 33.5 Å². The Morgan fingerprint density at radius 3 is 2.83 bits per heavy atom. The number of hydrogen-bond acceptors (Lipinski definition) is 3. The minimum atomic E-state index is -0.134. The molecule has 0 unspecified atom stereocenters. The lowest BCUT2D eigenvalue weighted by molar-refractivity contribution is 0.174. The summed E-state index contributed by atoms with van der Waals surface area (Å²) in [6.07, 6.45) is 2.04. The number of ether oxygens (including phenoxy) is 1. The van der Waals surface area contributed by atoms with Crippen molar-refractivity contribution in [2.45, 2.75) is 25.4 Å². The molecule has 1 aliphatic rings. The molecule has 1 aliphatic carbocycles. The van der Waals surface area contributed by atoms with Gasteiger partial charge in [0.15, 0.2) is 0 Å². The van der Waals surface area contributed by atoms with Gasteiger partial charge in [0.25, 0.3) is 11.6 Å². The predicted octanol–water partition coefficient (Wildman–Crippen LogP) is 2.47. The van der Waals surface area contributed by atoms with Crippen molar-refractivity contribution in [1.82, 2.24) is 9.55 Å². The molecule has 1 saturated carbocycles. The molecular formula is C13H13IN2O2. The Labute approximate surface area is 118 Å². The molecule has 2 aromatic rings. The predicted molar refractivity (Wildman–Crippen MR) is 78.0 cm³/mol. The number of halogens is 1. The van der Waals surface area contributed by atoms with Crippen LogP contribution in [0.4, 0.5) is 0 Å². The smallest absolute Gasteiger partial charge is 0.300 e. The van der Waals surface area contributed by atoms with Gasteiger partial charge in [-0.15, -0.1) is 0 Å². The second-order valence-corrected chi connectivity index (χ2v) is 6.11. The van der Waals surface area contributed by atoms with E-state index in [4.69, 9.17) is 4.74 Å². The van der Waals surface area contributed by atoms with Crippen LogP contribution in [0.25, 0.3) is 10.9 Å². The van der Waals surface area contributed by atoms with Crippen LogP contribution in [0.5, 0.6) is 6.01 Å². The van der Waals surface area contributed by atoms with E-state index in [0.717, 1.165) is 21.9 Å². The first kappa shape index (κ1) is 12.0. The summed E-state index contributed by atoms with van der Waals surface area (Å²) in [5.74, 6) is 0. The van der Waals surface area contributed by atoms with Crippen LogP contribution in [0.2, 0.25) is 0 Å². The lowest BCUT2D eigenvalue weighted by Gasteiger charge is -2.15. The topological polar surface area (TPSA) is 44.1 Å². The number of rotatable bonds is 2. The van der Waals surface area contributed by atoms with Gasteiger partial charge in [-0.05, 0) is 54.5 Å². The average Bonchev–Trinajstić information content (AvgIpc) is 3.05. The van der Waals surface area contributed by atoms with E-state index in [-0.39, 0.29) is 11.2 Å². The Morgan fingerprint density at radius 1 is 1.44 bits per heavy atom. The quantitative estimate of drug-likeness (QED) is 0.777. The van der Waals surface area contributed by atoms with Crippen LogP contribution >= 0.6 is 22.6 Å². The summed E-state index contributed by atoms with van der Waals surface area (Å²) in [7, 11) is 1.70. The molecule has 0 N–H and O–H groups in total. The van der Waals surface area contributed by atoms with E-state index in [9.17, 15) is 4.79 Å². The molecule has 1 heterocycles. The first-order chi connectivity index (χ1) is 8.50. The zero-order valence-electron chi connectivity index (χ0n) is 10.2. The van der Waals surface area contributed by atoms with Crippen molar-refractivity contribution in [3.63, 3.8) is 0 Å². The Morgan fingerprint density at radius 2 is 2.17 bits per heavy atom. The van der Waals surface area contributed by atoms with Gasteiger partial charge in [0, 0.05) is 10.6 Å². The minimum Gasteiger partial charge on any atom is -0.458 e. The lowest BCUT2D eigenvalue weighted by Crippen LogP contribution is -2.24. The average molecular weight is 356 g/mol. The van der Waals surface area contributed by atoms with Gasteiger partial charge >= 0.3 is 0 Å². The monoisotopic (exact) mass is 356 g/mol. The highest BCUT2D eigenvalue weighted by atomic mass is 127. The highest BCUT2D eigenvalue weighted by molar-refractivity contribution is 14.1. The van der Waals surface area contributed by atoms with E-state index in [1.165, 1.54) is 4.57 Å². The van der Waals surface area contributed by atoms with Gasteiger partial charge in [-0.1, -0.05) is 6.07 Å². The second kappa shape index (κ2) is 3.94. The number of fused-ring (bicyclic) bond motifs is 1. The van der Waals surface area contributed by atoms with Crippen molar-refractivity contribution in [3.8, 4) is 6.01 Å². The van der Waals surface area contributed by atoms with E-state index in [1.807, 2.05) is 19.1 Å². The highest BCUT2D eigenvalue weighted by Gasteiger charge is 2.41. The van der Waals surface area contributed by atoms with Gasteiger partial charge in [0.1, 0.15) is 5.60 Å². The fourth-order valence-electron chi connectivity index (χ4n) is 1.83. The van der Waals surface area contributed by atoms with Crippen molar-refractivity contribution in [1.29, 1.82) is 0 Å². The van der Waals surface area contributed by atoms with E-state index >= 15 is 0 Å². The zero-order valence-corrected chi connectivity index (χ0v) is 12.4. The maximum atomic E-state index is 12.2. The summed E-state index contributed by atoms with van der Waals surface area (Å²) in [6, 6.07) is 6.03. The third-order valence-corrected chi connectivity index (χ3v) is 4.18. The van der Waals surface area contributed by atoms with Crippen molar-refractivity contribution in [2.24, 2.45) is 7.05 Å². The summed E-state index contributed by atoms with van der Waals surface area (Å²) < 4.78 is 8.29. The molecule has 0 aliphatic heterocycles. The minimum absolute atomic E-state index is 0.0576. The molecular weight excluding hydrogens is 343 g/mol. The van der Waals surface area contributed by atoms with Crippen LogP contribution in [-0.2, 0) is 7.05 Å². The molecule has 1 fully saturated rings. The van der Waals surface area contributed by atoms with Crippen LogP contribution in [0, 0.1) is 3.57 Å². The standard InChI is InChI=1S/C13H13IN2O2/c1-13(6-7-13)18-12-15-10-8(11(17)16(12)2)4-3-5-9(10)14/h3-5H,6-7H2,1-2H3. The molecule has 18 heavy (non-hydrogen) atoms.